The molecule has 2 nitrogen and oxygen atoms in total. The average Bonchev–Trinajstić information content (AvgIpc) is 2.54. The first-order valence-corrected chi connectivity index (χ1v) is 7.98. The Morgan fingerprint density at radius 2 is 2.00 bits per heavy atom. The van der Waals surface area contributed by atoms with E-state index in [4.69, 9.17) is 0 Å². The van der Waals surface area contributed by atoms with Crippen LogP contribution >= 0.6 is 11.8 Å². The molecule has 0 spiro atoms. The van der Waals surface area contributed by atoms with E-state index in [0.717, 1.165) is 5.88 Å². The molecule has 1 aliphatic rings. The van der Waals surface area contributed by atoms with Crippen molar-refractivity contribution in [1.82, 2.24) is 4.98 Å². The van der Waals surface area contributed by atoms with Gasteiger partial charge in [-0.15, -0.1) is 0 Å². The Morgan fingerprint density at radius 3 is 2.95 bits per heavy atom. The largest absolute Gasteiger partial charge is 0.264 e. The molecule has 3 aromatic rings. The number of thioether (sulfide) groups is 1. The van der Waals surface area contributed by atoms with E-state index in [1.54, 1.807) is 0 Å². The van der Waals surface area contributed by atoms with Gasteiger partial charge in [-0.25, -0.2) is 0 Å². The Kier molecular flexibility index (Phi) is 3.00. The molecule has 0 amide bonds. The standard InChI is InChI=1S/C18H15N2S/c1-13-4-2-6-15-11-20(12-21-18(13)15)17-7-3-5-14-8-9-19-10-16(14)17/h2-11H,12H2,1H3/q+1. The number of aromatic nitrogens is 1. The fraction of sp³-hybridized carbons (Fsp3) is 0.111. The fourth-order valence-electron chi connectivity index (χ4n) is 2.80. The minimum Gasteiger partial charge on any atom is -0.264 e. The molecule has 0 N–H and O–H groups in total. The molecule has 0 atom stereocenters. The van der Waals surface area contributed by atoms with Gasteiger partial charge in [0.05, 0.1) is 10.9 Å². The zero-order chi connectivity index (χ0) is 14.2. The topological polar surface area (TPSA) is 15.9 Å². The van der Waals surface area contributed by atoms with Gasteiger partial charge in [-0.1, -0.05) is 36.0 Å². The Hall–Kier alpha value is -2.13. The summed E-state index contributed by atoms with van der Waals surface area (Å²) in [6.07, 6.45) is 6.05. The summed E-state index contributed by atoms with van der Waals surface area (Å²) in [6, 6.07) is 15.0. The molecule has 0 unspecified atom stereocenters. The number of hydrogen-bond acceptors (Lipinski definition) is 2. The van der Waals surface area contributed by atoms with Crippen molar-refractivity contribution in [2.24, 2.45) is 0 Å². The fourth-order valence-corrected chi connectivity index (χ4v) is 3.86. The van der Waals surface area contributed by atoms with Gasteiger partial charge >= 0.3 is 0 Å². The summed E-state index contributed by atoms with van der Waals surface area (Å²) < 4.78 is 2.32. The first-order chi connectivity index (χ1) is 10.3. The third-order valence-corrected chi connectivity index (χ3v) is 5.11. The Morgan fingerprint density at radius 1 is 1.10 bits per heavy atom. The van der Waals surface area contributed by atoms with Crippen molar-refractivity contribution in [1.29, 1.82) is 0 Å². The number of rotatable bonds is 1. The van der Waals surface area contributed by atoms with Gasteiger partial charge in [0, 0.05) is 23.4 Å². The van der Waals surface area contributed by atoms with Gasteiger partial charge < -0.3 is 0 Å². The lowest BCUT2D eigenvalue weighted by molar-refractivity contribution is -0.409. The van der Waals surface area contributed by atoms with Crippen LogP contribution in [0.2, 0.25) is 0 Å². The summed E-state index contributed by atoms with van der Waals surface area (Å²) in [5.74, 6) is 0.936. The maximum absolute atomic E-state index is 4.28. The highest BCUT2D eigenvalue weighted by atomic mass is 32.2. The Bertz CT molecular complexity index is 863. The summed E-state index contributed by atoms with van der Waals surface area (Å²) >= 11 is 1.90. The summed E-state index contributed by atoms with van der Waals surface area (Å²) in [6.45, 7) is 2.18. The van der Waals surface area contributed by atoms with Crippen LogP contribution in [0.4, 0.5) is 5.69 Å². The number of hydrogen-bond donors (Lipinski definition) is 0. The van der Waals surface area contributed by atoms with E-state index in [1.807, 2.05) is 24.2 Å². The quantitative estimate of drug-likeness (QED) is 0.619. The molecule has 0 fully saturated rings. The molecule has 2 aromatic carbocycles. The molecule has 4 rings (SSSR count). The Balaban J connectivity index is 1.91. The van der Waals surface area contributed by atoms with Crippen LogP contribution in [0.3, 0.4) is 0 Å². The monoisotopic (exact) mass is 291 g/mol. The normalized spacial score (nSPS) is 13.9. The van der Waals surface area contributed by atoms with E-state index < -0.39 is 0 Å². The minimum atomic E-state index is 0.936. The van der Waals surface area contributed by atoms with Crippen molar-refractivity contribution in [2.45, 2.75) is 11.8 Å². The molecule has 0 radical (unpaired) electrons. The second-order valence-corrected chi connectivity index (χ2v) is 6.19. The molecule has 102 valence electrons. The van der Waals surface area contributed by atoms with Crippen molar-refractivity contribution in [3.05, 3.63) is 66.0 Å². The molecule has 0 saturated carbocycles. The highest BCUT2D eigenvalue weighted by molar-refractivity contribution is 7.99. The SMILES string of the molecule is Cc1cccc2c1SC[N+](c1cccc3ccncc13)=C2. The first kappa shape index (κ1) is 12.6. The van der Waals surface area contributed by atoms with Gasteiger partial charge in [-0.2, -0.15) is 4.58 Å². The van der Waals surface area contributed by atoms with Crippen LogP contribution < -0.4 is 0 Å². The van der Waals surface area contributed by atoms with E-state index >= 15 is 0 Å². The zero-order valence-corrected chi connectivity index (χ0v) is 12.6. The zero-order valence-electron chi connectivity index (χ0n) is 11.8. The summed E-state index contributed by atoms with van der Waals surface area (Å²) in [5, 5.41) is 2.43. The van der Waals surface area contributed by atoms with Crippen molar-refractivity contribution in [3.63, 3.8) is 0 Å². The van der Waals surface area contributed by atoms with Crippen LogP contribution in [0.1, 0.15) is 11.1 Å². The van der Waals surface area contributed by atoms with E-state index in [1.165, 1.54) is 32.5 Å². The van der Waals surface area contributed by atoms with Crippen LogP contribution in [0.15, 0.2) is 59.8 Å². The lowest BCUT2D eigenvalue weighted by atomic mass is 10.1. The Labute approximate surface area is 128 Å². The molecule has 1 aromatic heterocycles. The smallest absolute Gasteiger partial charge is 0.215 e. The minimum absolute atomic E-state index is 0.936. The van der Waals surface area contributed by atoms with Crippen molar-refractivity contribution >= 4 is 34.4 Å². The molecule has 2 heterocycles. The second kappa shape index (κ2) is 5.01. The molecular formula is C18H15N2S+. The van der Waals surface area contributed by atoms with Gasteiger partial charge in [-0.05, 0) is 30.0 Å². The summed E-state index contributed by atoms with van der Waals surface area (Å²) in [5.41, 5.74) is 3.88. The van der Waals surface area contributed by atoms with Gasteiger partial charge in [0.15, 0.2) is 12.1 Å². The highest BCUT2D eigenvalue weighted by Gasteiger charge is 2.21. The predicted octanol–water partition coefficient (Wildman–Crippen LogP) is 4.37. The highest BCUT2D eigenvalue weighted by Crippen LogP contribution is 2.33. The summed E-state index contributed by atoms with van der Waals surface area (Å²) in [4.78, 5) is 5.67. The van der Waals surface area contributed by atoms with Gasteiger partial charge in [0.1, 0.15) is 0 Å². The van der Waals surface area contributed by atoms with Crippen LogP contribution in [0.25, 0.3) is 10.8 Å². The van der Waals surface area contributed by atoms with Crippen LogP contribution in [0.5, 0.6) is 0 Å². The van der Waals surface area contributed by atoms with Crippen LogP contribution in [0, 0.1) is 6.92 Å². The van der Waals surface area contributed by atoms with E-state index in [0.29, 0.717) is 0 Å². The van der Waals surface area contributed by atoms with E-state index in [9.17, 15) is 0 Å². The van der Waals surface area contributed by atoms with E-state index in [2.05, 4.69) is 65.2 Å². The summed E-state index contributed by atoms with van der Waals surface area (Å²) in [7, 11) is 0. The van der Waals surface area contributed by atoms with E-state index in [-0.39, 0.29) is 0 Å². The number of nitrogens with zero attached hydrogens (tertiary/aromatic N) is 2. The lowest BCUT2D eigenvalue weighted by Gasteiger charge is -2.14. The third kappa shape index (κ3) is 2.14. The number of aryl methyl sites for hydroxylation is 1. The molecule has 21 heavy (non-hydrogen) atoms. The average molecular weight is 291 g/mol. The first-order valence-electron chi connectivity index (χ1n) is 6.99. The molecule has 0 aliphatic carbocycles. The molecule has 3 heteroatoms. The molecular weight excluding hydrogens is 276 g/mol. The maximum Gasteiger partial charge on any atom is 0.215 e. The van der Waals surface area contributed by atoms with Crippen molar-refractivity contribution < 1.29 is 4.58 Å². The second-order valence-electron chi connectivity index (χ2n) is 5.24. The van der Waals surface area contributed by atoms with Gasteiger partial charge in [0.2, 0.25) is 5.69 Å². The number of benzene rings is 2. The molecule has 0 bridgehead atoms. The van der Waals surface area contributed by atoms with Crippen LogP contribution in [-0.4, -0.2) is 21.7 Å². The van der Waals surface area contributed by atoms with Gasteiger partial charge in [0.25, 0.3) is 0 Å². The number of pyridine rings is 1. The molecule has 0 saturated heterocycles. The van der Waals surface area contributed by atoms with Crippen LogP contribution in [-0.2, 0) is 0 Å². The maximum atomic E-state index is 4.28. The van der Waals surface area contributed by atoms with Gasteiger partial charge in [-0.3, -0.25) is 4.98 Å². The van der Waals surface area contributed by atoms with Crippen molar-refractivity contribution in [2.75, 3.05) is 5.88 Å². The molecule has 1 aliphatic heterocycles. The van der Waals surface area contributed by atoms with Crippen molar-refractivity contribution in [3.8, 4) is 0 Å². The number of fused-ring (bicyclic) bond motifs is 2. The predicted molar refractivity (Wildman–Crippen MR) is 88.7 cm³/mol. The third-order valence-electron chi connectivity index (χ3n) is 3.86. The lowest BCUT2D eigenvalue weighted by Crippen LogP contribution is -2.13.